The van der Waals surface area contributed by atoms with Crippen LogP contribution < -0.4 is 15.4 Å². The van der Waals surface area contributed by atoms with Crippen LogP contribution in [0.4, 0.5) is 14.5 Å². The fourth-order valence-electron chi connectivity index (χ4n) is 1.62. The van der Waals surface area contributed by atoms with Gasteiger partial charge < -0.3 is 15.4 Å². The summed E-state index contributed by atoms with van der Waals surface area (Å²) in [6.07, 6.45) is 0. The van der Waals surface area contributed by atoms with Crippen molar-refractivity contribution in [1.29, 1.82) is 0 Å². The molecule has 0 aliphatic heterocycles. The first-order chi connectivity index (χ1) is 10.2. The van der Waals surface area contributed by atoms with Crippen LogP contribution in [0.25, 0.3) is 0 Å². The zero-order valence-corrected chi connectivity index (χ0v) is 11.9. The summed E-state index contributed by atoms with van der Waals surface area (Å²) in [6.45, 7) is 0.606. The fraction of sp³-hybridized carbons (Fsp3) is 0.133. The molecule has 0 heterocycles. The molecule has 2 N–H and O–H groups in total. The topological polar surface area (TPSA) is 33.3 Å². The monoisotopic (exact) mass is 308 g/mol. The average molecular weight is 308 g/mol. The van der Waals surface area contributed by atoms with Crippen molar-refractivity contribution in [1.82, 2.24) is 5.32 Å². The van der Waals surface area contributed by atoms with Crippen LogP contribution >= 0.6 is 12.2 Å². The SMILES string of the molecule is Fc1ccccc1NC(=S)NCCOc1ccccc1F. The molecule has 0 fully saturated rings. The lowest BCUT2D eigenvalue weighted by molar-refractivity contribution is 0.306. The first kappa shape index (κ1) is 15.2. The van der Waals surface area contributed by atoms with Crippen molar-refractivity contribution >= 4 is 23.0 Å². The van der Waals surface area contributed by atoms with E-state index in [0.717, 1.165) is 0 Å². The lowest BCUT2D eigenvalue weighted by atomic mass is 10.3. The highest BCUT2D eigenvalue weighted by molar-refractivity contribution is 7.80. The Hall–Kier alpha value is -2.21. The minimum absolute atomic E-state index is 0.187. The van der Waals surface area contributed by atoms with Crippen LogP contribution in [0.15, 0.2) is 48.5 Å². The summed E-state index contributed by atoms with van der Waals surface area (Å²) in [5, 5.41) is 5.87. The summed E-state index contributed by atoms with van der Waals surface area (Å²) in [5.74, 6) is -0.610. The van der Waals surface area contributed by atoms with Crippen molar-refractivity contribution in [3.63, 3.8) is 0 Å². The number of hydrogen-bond acceptors (Lipinski definition) is 2. The molecule has 2 aromatic rings. The van der Waals surface area contributed by atoms with Crippen molar-refractivity contribution in [3.05, 3.63) is 60.2 Å². The minimum Gasteiger partial charge on any atom is -0.489 e. The Kier molecular flexibility index (Phi) is 5.45. The van der Waals surface area contributed by atoms with Crippen LogP contribution in [0.2, 0.25) is 0 Å². The first-order valence-corrected chi connectivity index (χ1v) is 6.74. The van der Waals surface area contributed by atoms with Gasteiger partial charge in [0.05, 0.1) is 12.2 Å². The Balaban J connectivity index is 1.73. The van der Waals surface area contributed by atoms with E-state index in [1.807, 2.05) is 0 Å². The first-order valence-electron chi connectivity index (χ1n) is 6.33. The van der Waals surface area contributed by atoms with Crippen LogP contribution in [0.3, 0.4) is 0 Å². The molecule has 2 rings (SSSR count). The van der Waals surface area contributed by atoms with Crippen molar-refractivity contribution in [3.8, 4) is 5.75 Å². The highest BCUT2D eigenvalue weighted by Crippen LogP contribution is 2.15. The molecule has 2 aromatic carbocycles. The molecule has 0 saturated carbocycles. The maximum atomic E-state index is 13.4. The van der Waals surface area contributed by atoms with Gasteiger partial charge in [-0.25, -0.2) is 8.78 Å². The molecule has 0 aromatic heterocycles. The van der Waals surface area contributed by atoms with Gasteiger partial charge in [-0.05, 0) is 36.5 Å². The summed E-state index contributed by atoms with van der Waals surface area (Å²) in [5.41, 5.74) is 0.296. The summed E-state index contributed by atoms with van der Waals surface area (Å²) in [4.78, 5) is 0. The van der Waals surface area contributed by atoms with Gasteiger partial charge in [0.15, 0.2) is 16.7 Å². The maximum Gasteiger partial charge on any atom is 0.170 e. The molecule has 0 unspecified atom stereocenters. The average Bonchev–Trinajstić information content (AvgIpc) is 2.48. The Labute approximate surface area is 126 Å². The van der Waals surface area contributed by atoms with Gasteiger partial charge in [-0.15, -0.1) is 0 Å². The van der Waals surface area contributed by atoms with E-state index in [4.69, 9.17) is 17.0 Å². The number of anilines is 1. The molecule has 21 heavy (non-hydrogen) atoms. The van der Waals surface area contributed by atoms with Crippen LogP contribution in [-0.4, -0.2) is 18.3 Å². The van der Waals surface area contributed by atoms with E-state index in [0.29, 0.717) is 12.2 Å². The van der Waals surface area contributed by atoms with Crippen LogP contribution in [0.5, 0.6) is 5.75 Å². The number of benzene rings is 2. The van der Waals surface area contributed by atoms with E-state index >= 15 is 0 Å². The second kappa shape index (κ2) is 7.54. The number of halogens is 2. The lowest BCUT2D eigenvalue weighted by Crippen LogP contribution is -2.32. The van der Waals surface area contributed by atoms with E-state index in [9.17, 15) is 8.78 Å². The molecule has 3 nitrogen and oxygen atoms in total. The fourth-order valence-corrected chi connectivity index (χ4v) is 1.83. The number of para-hydroxylation sites is 2. The summed E-state index contributed by atoms with van der Waals surface area (Å²) in [6, 6.07) is 12.4. The van der Waals surface area contributed by atoms with Gasteiger partial charge >= 0.3 is 0 Å². The van der Waals surface area contributed by atoms with Gasteiger partial charge in [-0.2, -0.15) is 0 Å². The molecular formula is C15H14F2N2OS. The lowest BCUT2D eigenvalue weighted by Gasteiger charge is -2.12. The second-order valence-corrected chi connectivity index (χ2v) is 4.55. The van der Waals surface area contributed by atoms with Crippen molar-refractivity contribution in [2.75, 3.05) is 18.5 Å². The predicted molar refractivity (Wildman–Crippen MR) is 82.5 cm³/mol. The molecule has 0 bridgehead atoms. The third-order valence-corrected chi connectivity index (χ3v) is 2.85. The molecule has 0 amide bonds. The molecule has 0 atom stereocenters. The zero-order chi connectivity index (χ0) is 15.1. The normalized spacial score (nSPS) is 10.0. The third kappa shape index (κ3) is 4.68. The maximum absolute atomic E-state index is 13.4. The number of rotatable bonds is 5. The van der Waals surface area contributed by atoms with Gasteiger partial charge in [-0.1, -0.05) is 24.3 Å². The molecule has 0 aliphatic carbocycles. The standard InChI is InChI=1S/C15H14F2N2OS/c16-11-5-1-3-7-13(11)19-15(21)18-9-10-20-14-8-4-2-6-12(14)17/h1-8H,9-10H2,(H2,18,19,21). The smallest absolute Gasteiger partial charge is 0.170 e. The Morgan fingerprint density at radius 1 is 1.00 bits per heavy atom. The molecule has 0 aliphatic rings. The van der Waals surface area contributed by atoms with Gasteiger partial charge in [0.1, 0.15) is 12.4 Å². The Bertz CT molecular complexity index is 622. The largest absolute Gasteiger partial charge is 0.489 e. The van der Waals surface area contributed by atoms with Gasteiger partial charge in [-0.3, -0.25) is 0 Å². The summed E-state index contributed by atoms with van der Waals surface area (Å²) < 4.78 is 31.9. The van der Waals surface area contributed by atoms with Crippen molar-refractivity contribution in [2.24, 2.45) is 0 Å². The molecule has 0 spiro atoms. The van der Waals surface area contributed by atoms with E-state index in [1.165, 1.54) is 12.1 Å². The quantitative estimate of drug-likeness (QED) is 0.656. The number of hydrogen-bond donors (Lipinski definition) is 2. The van der Waals surface area contributed by atoms with Gasteiger partial charge in [0, 0.05) is 0 Å². The Morgan fingerprint density at radius 2 is 1.67 bits per heavy atom. The highest BCUT2D eigenvalue weighted by atomic mass is 32.1. The molecule has 0 saturated heterocycles. The van der Waals surface area contributed by atoms with Crippen molar-refractivity contribution < 1.29 is 13.5 Å². The second-order valence-electron chi connectivity index (χ2n) is 4.14. The third-order valence-electron chi connectivity index (χ3n) is 2.60. The molecular weight excluding hydrogens is 294 g/mol. The minimum atomic E-state index is -0.412. The summed E-state index contributed by atoms with van der Waals surface area (Å²) >= 11 is 5.03. The van der Waals surface area contributed by atoms with Gasteiger partial charge in [0.25, 0.3) is 0 Å². The molecule has 110 valence electrons. The molecule has 6 heteroatoms. The van der Waals surface area contributed by atoms with E-state index in [-0.39, 0.29) is 23.3 Å². The summed E-state index contributed by atoms with van der Waals surface area (Å²) in [7, 11) is 0. The number of nitrogens with one attached hydrogen (secondary N) is 2. The highest BCUT2D eigenvalue weighted by Gasteiger charge is 2.03. The van der Waals surface area contributed by atoms with E-state index in [2.05, 4.69) is 10.6 Å². The van der Waals surface area contributed by atoms with Gasteiger partial charge in [0.2, 0.25) is 0 Å². The Morgan fingerprint density at radius 3 is 2.38 bits per heavy atom. The predicted octanol–water partition coefficient (Wildman–Crippen LogP) is 3.33. The van der Waals surface area contributed by atoms with Crippen molar-refractivity contribution in [2.45, 2.75) is 0 Å². The van der Waals surface area contributed by atoms with E-state index in [1.54, 1.807) is 36.4 Å². The zero-order valence-electron chi connectivity index (χ0n) is 11.1. The van der Waals surface area contributed by atoms with Crippen LogP contribution in [-0.2, 0) is 0 Å². The number of thiocarbonyl (C=S) groups is 1. The van der Waals surface area contributed by atoms with Crippen LogP contribution in [0.1, 0.15) is 0 Å². The van der Waals surface area contributed by atoms with E-state index < -0.39 is 5.82 Å². The number of ether oxygens (including phenoxy) is 1. The van der Waals surface area contributed by atoms with Crippen LogP contribution in [0, 0.1) is 11.6 Å². The molecule has 0 radical (unpaired) electrons.